The molecular formula is C6H15Si. The molecule has 1 heteroatoms. The molecule has 0 unspecified atom stereocenters. The van der Waals surface area contributed by atoms with E-state index < -0.39 is 0 Å². The Morgan fingerprint density at radius 3 is 1.43 bits per heavy atom. The third-order valence-corrected chi connectivity index (χ3v) is 2.50. The fourth-order valence-electron chi connectivity index (χ4n) is 0. The molecule has 0 aliphatic rings. The molecule has 0 aliphatic heterocycles. The van der Waals surface area contributed by atoms with E-state index in [0.717, 1.165) is 0 Å². The lowest BCUT2D eigenvalue weighted by Crippen LogP contribution is -2.07. The van der Waals surface area contributed by atoms with Gasteiger partial charge in [0.25, 0.3) is 0 Å². The van der Waals surface area contributed by atoms with Crippen molar-refractivity contribution in [3.05, 3.63) is 5.92 Å². The van der Waals surface area contributed by atoms with Crippen LogP contribution in [0.2, 0.25) is 5.04 Å². The Hall–Kier alpha value is 0.217. The van der Waals surface area contributed by atoms with Crippen LogP contribution in [0.1, 0.15) is 27.7 Å². The van der Waals surface area contributed by atoms with E-state index in [0.29, 0.717) is 5.04 Å². The van der Waals surface area contributed by atoms with Gasteiger partial charge < -0.3 is 0 Å². The van der Waals surface area contributed by atoms with Crippen LogP contribution in [-0.4, -0.2) is 10.2 Å². The van der Waals surface area contributed by atoms with Crippen LogP contribution in [0.5, 0.6) is 0 Å². The van der Waals surface area contributed by atoms with Crippen LogP contribution < -0.4 is 0 Å². The minimum atomic E-state index is 0.556. The first kappa shape index (κ1) is 7.22. The molecule has 0 amide bonds. The van der Waals surface area contributed by atoms with E-state index in [-0.39, 0.29) is 0 Å². The zero-order chi connectivity index (χ0) is 6.08. The summed E-state index contributed by atoms with van der Waals surface area (Å²) < 4.78 is 0. The summed E-state index contributed by atoms with van der Waals surface area (Å²) in [5, 5.41) is 0.556. The predicted molar refractivity (Wildman–Crippen MR) is 38.6 cm³/mol. The number of hydrogen-bond donors (Lipinski definition) is 0. The molecule has 0 N–H and O–H groups in total. The van der Waals surface area contributed by atoms with Crippen LogP contribution in [0.3, 0.4) is 0 Å². The maximum Gasteiger partial charge on any atom is 0.0106 e. The molecule has 0 saturated heterocycles. The van der Waals surface area contributed by atoms with Gasteiger partial charge in [-0.25, -0.2) is 0 Å². The Labute approximate surface area is 49.7 Å². The lowest BCUT2D eigenvalue weighted by molar-refractivity contribution is 0.696. The zero-order valence-electron chi connectivity index (χ0n) is 6.00. The van der Waals surface area contributed by atoms with E-state index >= 15 is 0 Å². The van der Waals surface area contributed by atoms with Crippen LogP contribution in [-0.2, 0) is 0 Å². The molecule has 1 radical (unpaired) electrons. The summed E-state index contributed by atoms with van der Waals surface area (Å²) in [7, 11) is 1.28. The van der Waals surface area contributed by atoms with Crippen molar-refractivity contribution in [2.45, 2.75) is 32.7 Å². The van der Waals surface area contributed by atoms with Gasteiger partial charge in [-0.05, 0) is 11.0 Å². The summed E-state index contributed by atoms with van der Waals surface area (Å²) in [6.07, 6.45) is 0. The third kappa shape index (κ3) is 2.86. The molecule has 0 aromatic heterocycles. The van der Waals surface area contributed by atoms with Gasteiger partial charge in [-0.2, -0.15) is 0 Å². The molecule has 0 aliphatic carbocycles. The van der Waals surface area contributed by atoms with Crippen molar-refractivity contribution in [1.82, 2.24) is 0 Å². The highest BCUT2D eigenvalue weighted by Crippen LogP contribution is 2.30. The van der Waals surface area contributed by atoms with Crippen LogP contribution in [0.15, 0.2) is 0 Å². The van der Waals surface area contributed by atoms with Gasteiger partial charge >= 0.3 is 0 Å². The second-order valence-electron chi connectivity index (χ2n) is 3.25. The first-order valence-corrected chi connectivity index (χ1v) is 3.75. The molecule has 0 rings (SSSR count). The molecule has 0 aromatic carbocycles. The minimum Gasteiger partial charge on any atom is -0.0627 e. The number of rotatable bonds is 1. The van der Waals surface area contributed by atoms with Gasteiger partial charge in [0, 0.05) is 10.2 Å². The van der Waals surface area contributed by atoms with Gasteiger partial charge in [0.05, 0.1) is 0 Å². The number of hydrogen-bond acceptors (Lipinski definition) is 0. The fourth-order valence-corrected chi connectivity index (χ4v) is 0. The van der Waals surface area contributed by atoms with Crippen LogP contribution >= 0.6 is 0 Å². The van der Waals surface area contributed by atoms with Crippen LogP contribution in [0.25, 0.3) is 0 Å². The van der Waals surface area contributed by atoms with Gasteiger partial charge in [0.15, 0.2) is 0 Å². The first-order valence-electron chi connectivity index (χ1n) is 2.75. The summed E-state index contributed by atoms with van der Waals surface area (Å²) >= 11 is 0. The Kier molecular flexibility index (Phi) is 2.05. The predicted octanol–water partition coefficient (Wildman–Crippen LogP) is 1.16. The topological polar surface area (TPSA) is 0 Å². The molecule has 0 bridgehead atoms. The largest absolute Gasteiger partial charge is 0.0627 e. The van der Waals surface area contributed by atoms with E-state index in [1.807, 2.05) is 0 Å². The standard InChI is InChI=1S/C6H15Si/c1-5(2)6(3,4)7/h1-4,7H3. The van der Waals surface area contributed by atoms with Gasteiger partial charge in [-0.3, -0.25) is 0 Å². The second-order valence-corrected chi connectivity index (χ2v) is 5.75. The van der Waals surface area contributed by atoms with Crippen molar-refractivity contribution in [2.75, 3.05) is 0 Å². The van der Waals surface area contributed by atoms with Crippen LogP contribution in [0, 0.1) is 5.92 Å². The summed E-state index contributed by atoms with van der Waals surface area (Å²) in [6, 6.07) is 0. The van der Waals surface area contributed by atoms with Crippen molar-refractivity contribution in [1.29, 1.82) is 0 Å². The normalized spacial score (nSPS) is 13.3. The minimum absolute atomic E-state index is 0.556. The van der Waals surface area contributed by atoms with Crippen molar-refractivity contribution in [2.24, 2.45) is 0 Å². The van der Waals surface area contributed by atoms with E-state index in [1.54, 1.807) is 5.92 Å². The van der Waals surface area contributed by atoms with Crippen molar-refractivity contribution >= 4 is 10.2 Å². The quantitative estimate of drug-likeness (QED) is 0.450. The van der Waals surface area contributed by atoms with Gasteiger partial charge in [-0.15, -0.1) is 0 Å². The van der Waals surface area contributed by atoms with Gasteiger partial charge in [0.1, 0.15) is 0 Å². The molecular weight excluding hydrogens is 100 g/mol. The van der Waals surface area contributed by atoms with Crippen molar-refractivity contribution in [3.8, 4) is 0 Å². The SMILES string of the molecule is C[C](C)C(C)(C)[SiH3]. The van der Waals surface area contributed by atoms with E-state index in [2.05, 4.69) is 27.7 Å². The lowest BCUT2D eigenvalue weighted by atomic mass is 9.99. The summed E-state index contributed by atoms with van der Waals surface area (Å²) in [6.45, 7) is 8.98. The second kappa shape index (κ2) is 1.99. The van der Waals surface area contributed by atoms with E-state index in [1.165, 1.54) is 10.2 Å². The zero-order valence-corrected chi connectivity index (χ0v) is 8.00. The molecule has 43 valence electrons. The Morgan fingerprint density at radius 2 is 1.43 bits per heavy atom. The molecule has 0 saturated carbocycles. The third-order valence-electron chi connectivity index (χ3n) is 1.50. The molecule has 0 nitrogen and oxygen atoms in total. The maximum atomic E-state index is 2.29. The molecule has 0 heterocycles. The van der Waals surface area contributed by atoms with E-state index in [4.69, 9.17) is 0 Å². The highest BCUT2D eigenvalue weighted by molar-refractivity contribution is 6.16. The Morgan fingerprint density at radius 1 is 1.29 bits per heavy atom. The van der Waals surface area contributed by atoms with Gasteiger partial charge in [-0.1, -0.05) is 27.7 Å². The average Bonchev–Trinajstić information content (AvgIpc) is 1.31. The molecule has 7 heavy (non-hydrogen) atoms. The summed E-state index contributed by atoms with van der Waals surface area (Å²) in [5.41, 5.74) is 0. The lowest BCUT2D eigenvalue weighted by Gasteiger charge is -2.21. The molecule has 0 spiro atoms. The Balaban J connectivity index is 3.54. The molecule has 0 atom stereocenters. The maximum absolute atomic E-state index is 2.29. The van der Waals surface area contributed by atoms with Crippen molar-refractivity contribution < 1.29 is 0 Å². The smallest absolute Gasteiger partial charge is 0.0106 e. The summed E-state index contributed by atoms with van der Waals surface area (Å²) in [5.74, 6) is 1.55. The Bertz CT molecular complexity index is 49.7. The molecule has 0 fully saturated rings. The van der Waals surface area contributed by atoms with Crippen LogP contribution in [0.4, 0.5) is 0 Å². The first-order chi connectivity index (χ1) is 2.94. The molecule has 0 aromatic rings. The summed E-state index contributed by atoms with van der Waals surface area (Å²) in [4.78, 5) is 0. The fraction of sp³-hybridized carbons (Fsp3) is 0.833. The van der Waals surface area contributed by atoms with E-state index in [9.17, 15) is 0 Å². The highest BCUT2D eigenvalue weighted by atomic mass is 28.1. The average molecular weight is 115 g/mol. The van der Waals surface area contributed by atoms with Gasteiger partial charge in [0.2, 0.25) is 0 Å². The monoisotopic (exact) mass is 115 g/mol. The van der Waals surface area contributed by atoms with Crippen molar-refractivity contribution in [3.63, 3.8) is 0 Å². The highest BCUT2D eigenvalue weighted by Gasteiger charge is 2.14.